The first kappa shape index (κ1) is 19.6. The van der Waals surface area contributed by atoms with Crippen LogP contribution in [0.25, 0.3) is 33.1 Å². The molecule has 2 aromatic carbocycles. The number of carboxylic acid groups (broad SMARTS) is 1. The number of methoxy groups -OCH3 is 2. The highest BCUT2D eigenvalue weighted by atomic mass is 16.5. The second-order valence-corrected chi connectivity index (χ2v) is 7.03. The molecule has 7 nitrogen and oxygen atoms in total. The van der Waals surface area contributed by atoms with E-state index in [0.717, 1.165) is 22.1 Å². The van der Waals surface area contributed by atoms with E-state index < -0.39 is 18.0 Å². The number of rotatable bonds is 5. The van der Waals surface area contributed by atoms with Gasteiger partial charge >= 0.3 is 5.63 Å². The highest BCUT2D eigenvalue weighted by Gasteiger charge is 2.20. The SMILES string of the molecule is COc1ccc(-c2coc3c2c(C)cc2oc(=O)c(CC(=O)[O-])c(C)c23)cc1OC. The number of hydrogen-bond acceptors (Lipinski definition) is 7. The van der Waals surface area contributed by atoms with Gasteiger partial charge in [0.2, 0.25) is 0 Å². The zero-order chi connectivity index (χ0) is 21.6. The second kappa shape index (κ2) is 7.26. The van der Waals surface area contributed by atoms with Crippen LogP contribution >= 0.6 is 0 Å². The minimum atomic E-state index is -1.35. The van der Waals surface area contributed by atoms with Gasteiger partial charge in [-0.3, -0.25) is 0 Å². The van der Waals surface area contributed by atoms with Crippen molar-refractivity contribution in [2.75, 3.05) is 14.2 Å². The zero-order valence-corrected chi connectivity index (χ0v) is 17.0. The lowest BCUT2D eigenvalue weighted by Crippen LogP contribution is -2.27. The highest BCUT2D eigenvalue weighted by Crippen LogP contribution is 2.41. The van der Waals surface area contributed by atoms with E-state index in [1.807, 2.05) is 25.1 Å². The first-order valence-electron chi connectivity index (χ1n) is 9.25. The summed E-state index contributed by atoms with van der Waals surface area (Å²) in [6.45, 7) is 3.58. The quantitative estimate of drug-likeness (QED) is 0.468. The second-order valence-electron chi connectivity index (χ2n) is 7.03. The molecule has 0 unspecified atom stereocenters. The average molecular weight is 407 g/mol. The van der Waals surface area contributed by atoms with Crippen LogP contribution in [0.5, 0.6) is 11.5 Å². The third-order valence-electron chi connectivity index (χ3n) is 5.30. The van der Waals surface area contributed by atoms with Gasteiger partial charge in [0, 0.05) is 28.9 Å². The molecule has 0 aliphatic rings. The van der Waals surface area contributed by atoms with Gasteiger partial charge in [0.1, 0.15) is 11.2 Å². The van der Waals surface area contributed by atoms with Gasteiger partial charge < -0.3 is 28.2 Å². The number of benzene rings is 2. The van der Waals surface area contributed by atoms with E-state index in [4.69, 9.17) is 18.3 Å². The maximum absolute atomic E-state index is 12.3. The lowest BCUT2D eigenvalue weighted by molar-refractivity contribution is -0.304. The van der Waals surface area contributed by atoms with Gasteiger partial charge in [0.25, 0.3) is 0 Å². The molecule has 0 N–H and O–H groups in total. The molecule has 2 heterocycles. The molecular weight excluding hydrogens is 388 g/mol. The fourth-order valence-electron chi connectivity index (χ4n) is 3.85. The average Bonchev–Trinajstić information content (AvgIpc) is 3.15. The standard InChI is InChI=1S/C23H20O7/c1-11-7-18-21(12(2)14(9-19(24)25)23(26)30-18)22-20(11)15(10-29-22)13-5-6-16(27-3)17(8-13)28-4/h5-8,10H,9H2,1-4H3,(H,24,25)/p-1. The van der Waals surface area contributed by atoms with Gasteiger partial charge in [0.05, 0.1) is 25.9 Å². The molecular formula is C23H19O7-. The van der Waals surface area contributed by atoms with Gasteiger partial charge in [-0.1, -0.05) is 6.07 Å². The van der Waals surface area contributed by atoms with Crippen LogP contribution in [0.1, 0.15) is 16.7 Å². The van der Waals surface area contributed by atoms with Crippen LogP contribution in [-0.2, 0) is 11.2 Å². The monoisotopic (exact) mass is 407 g/mol. The summed E-state index contributed by atoms with van der Waals surface area (Å²) in [5.74, 6) is -0.152. The van der Waals surface area contributed by atoms with E-state index in [1.165, 1.54) is 0 Å². The summed E-state index contributed by atoms with van der Waals surface area (Å²) in [4.78, 5) is 23.4. The Balaban J connectivity index is 2.03. The van der Waals surface area contributed by atoms with Crippen molar-refractivity contribution in [3.8, 4) is 22.6 Å². The van der Waals surface area contributed by atoms with Crippen molar-refractivity contribution in [3.05, 3.63) is 57.6 Å². The minimum absolute atomic E-state index is 0.0525. The lowest BCUT2D eigenvalue weighted by Gasteiger charge is -2.11. The third kappa shape index (κ3) is 2.99. The molecule has 0 aliphatic heterocycles. The molecule has 0 spiro atoms. The number of carbonyl (C=O) groups excluding carboxylic acids is 1. The maximum Gasteiger partial charge on any atom is 0.340 e. The number of carboxylic acids is 1. The molecule has 0 fully saturated rings. The number of hydrogen-bond donors (Lipinski definition) is 0. The minimum Gasteiger partial charge on any atom is -0.550 e. The topological polar surface area (TPSA) is 102 Å². The van der Waals surface area contributed by atoms with E-state index >= 15 is 0 Å². The number of fused-ring (bicyclic) bond motifs is 3. The molecule has 154 valence electrons. The van der Waals surface area contributed by atoms with Gasteiger partial charge in [-0.05, 0) is 48.7 Å². The van der Waals surface area contributed by atoms with Crippen LogP contribution in [0.15, 0.2) is 44.2 Å². The number of furan rings is 1. The number of carbonyl (C=O) groups is 1. The Morgan fingerprint density at radius 3 is 2.47 bits per heavy atom. The van der Waals surface area contributed by atoms with Crippen LogP contribution in [-0.4, -0.2) is 20.2 Å². The predicted molar refractivity (Wildman–Crippen MR) is 109 cm³/mol. The number of ether oxygens (including phenoxy) is 2. The third-order valence-corrected chi connectivity index (χ3v) is 5.30. The van der Waals surface area contributed by atoms with Gasteiger partial charge in [-0.25, -0.2) is 4.79 Å². The molecule has 0 radical (unpaired) electrons. The number of aryl methyl sites for hydroxylation is 2. The smallest absolute Gasteiger partial charge is 0.340 e. The van der Waals surface area contributed by atoms with Gasteiger partial charge in [-0.15, -0.1) is 0 Å². The van der Waals surface area contributed by atoms with Crippen molar-refractivity contribution in [1.29, 1.82) is 0 Å². The van der Waals surface area contributed by atoms with Gasteiger partial charge in [0.15, 0.2) is 11.5 Å². The van der Waals surface area contributed by atoms with E-state index in [9.17, 15) is 14.7 Å². The molecule has 0 aliphatic carbocycles. The Hall–Kier alpha value is -3.74. The summed E-state index contributed by atoms with van der Waals surface area (Å²) in [6.07, 6.45) is 1.10. The molecule has 0 saturated carbocycles. The molecule has 0 saturated heterocycles. The number of aliphatic carboxylic acids is 1. The Morgan fingerprint density at radius 2 is 1.80 bits per heavy atom. The van der Waals surface area contributed by atoms with Crippen LogP contribution in [0, 0.1) is 13.8 Å². The van der Waals surface area contributed by atoms with E-state index in [2.05, 4.69) is 0 Å². The summed E-state index contributed by atoms with van der Waals surface area (Å²) < 4.78 is 22.0. The van der Waals surface area contributed by atoms with Crippen molar-refractivity contribution in [3.63, 3.8) is 0 Å². The summed E-state index contributed by atoms with van der Waals surface area (Å²) in [7, 11) is 3.14. The summed E-state index contributed by atoms with van der Waals surface area (Å²) >= 11 is 0. The highest BCUT2D eigenvalue weighted by molar-refractivity contribution is 6.11. The van der Waals surface area contributed by atoms with Crippen LogP contribution in [0.4, 0.5) is 0 Å². The molecule has 0 atom stereocenters. The normalized spacial score (nSPS) is 11.2. The molecule has 0 amide bonds. The van der Waals surface area contributed by atoms with Crippen LogP contribution < -0.4 is 20.2 Å². The first-order valence-corrected chi connectivity index (χ1v) is 9.25. The molecule has 7 heteroatoms. The largest absolute Gasteiger partial charge is 0.550 e. The van der Waals surface area contributed by atoms with Crippen molar-refractivity contribution >= 4 is 27.9 Å². The molecule has 2 aromatic heterocycles. The van der Waals surface area contributed by atoms with E-state index in [0.29, 0.717) is 33.6 Å². The van der Waals surface area contributed by atoms with E-state index in [1.54, 1.807) is 33.5 Å². The van der Waals surface area contributed by atoms with Gasteiger partial charge in [-0.2, -0.15) is 0 Å². The molecule has 0 bridgehead atoms. The van der Waals surface area contributed by atoms with Crippen molar-refractivity contribution in [1.82, 2.24) is 0 Å². The summed E-state index contributed by atoms with van der Waals surface area (Å²) in [5, 5.41) is 12.5. The molecule has 4 rings (SSSR count). The molecule has 4 aromatic rings. The fourth-order valence-corrected chi connectivity index (χ4v) is 3.85. The van der Waals surface area contributed by atoms with E-state index in [-0.39, 0.29) is 5.56 Å². The van der Waals surface area contributed by atoms with Crippen molar-refractivity contribution in [2.45, 2.75) is 20.3 Å². The predicted octanol–water partition coefficient (Wildman–Crippen LogP) is 3.13. The fraction of sp³-hybridized carbons (Fsp3) is 0.217. The van der Waals surface area contributed by atoms with Crippen LogP contribution in [0.2, 0.25) is 0 Å². The Labute approximate surface area is 171 Å². The summed E-state index contributed by atoms with van der Waals surface area (Å²) in [5.41, 5.74) is 3.28. The van der Waals surface area contributed by atoms with Crippen LogP contribution in [0.3, 0.4) is 0 Å². The first-order chi connectivity index (χ1) is 14.3. The Bertz CT molecular complexity index is 1360. The lowest BCUT2D eigenvalue weighted by atomic mass is 9.96. The van der Waals surface area contributed by atoms with Crippen molar-refractivity contribution < 1.29 is 28.2 Å². The zero-order valence-electron chi connectivity index (χ0n) is 17.0. The Kier molecular flexibility index (Phi) is 4.73. The molecule has 30 heavy (non-hydrogen) atoms. The Morgan fingerprint density at radius 1 is 1.07 bits per heavy atom. The maximum atomic E-state index is 12.3. The summed E-state index contributed by atoms with van der Waals surface area (Å²) in [6, 6.07) is 7.32. The van der Waals surface area contributed by atoms with Crippen molar-refractivity contribution in [2.24, 2.45) is 0 Å².